The molecule has 0 aliphatic heterocycles. The largest absolute Gasteiger partial charge is 0.495 e. The van der Waals surface area contributed by atoms with Crippen LogP contribution in [0.5, 0.6) is 5.75 Å². The lowest BCUT2D eigenvalue weighted by atomic mass is 10.2. The summed E-state index contributed by atoms with van der Waals surface area (Å²) >= 11 is 0. The standard InChI is InChI=1S/C31H50F6O16/c1-22-2-4-28(5-3-22)51-19-27(43)17-49-15-25(41)14-47-13-24(40)11-45-8-9-46-20-29(32,33)52-31(36,37)53-30(34,35)21-50-18-26(42)16-48-12-23(39)10-44-7-6-38/h2-5,23-27,38-43H,6-21H2,1H3. The van der Waals surface area contributed by atoms with Crippen LogP contribution in [0, 0.1) is 6.92 Å². The molecule has 0 aliphatic carbocycles. The zero-order valence-electron chi connectivity index (χ0n) is 29.0. The first-order valence-corrected chi connectivity index (χ1v) is 16.2. The Morgan fingerprint density at radius 3 is 1.30 bits per heavy atom. The molecule has 0 bridgehead atoms. The normalized spacial score (nSPS) is 15.6. The van der Waals surface area contributed by atoms with E-state index in [0.717, 1.165) is 5.56 Å². The van der Waals surface area contributed by atoms with Crippen molar-refractivity contribution in [3.05, 3.63) is 29.8 Å². The van der Waals surface area contributed by atoms with Gasteiger partial charge in [-0.25, -0.2) is 9.47 Å². The molecule has 0 spiro atoms. The molecular weight excluding hydrogens is 742 g/mol. The zero-order chi connectivity index (χ0) is 39.8. The van der Waals surface area contributed by atoms with E-state index in [0.29, 0.717) is 5.75 Å². The highest BCUT2D eigenvalue weighted by molar-refractivity contribution is 5.26. The van der Waals surface area contributed by atoms with Gasteiger partial charge in [0.1, 0.15) is 56.1 Å². The molecule has 16 nitrogen and oxygen atoms in total. The van der Waals surface area contributed by atoms with Crippen LogP contribution in [0.1, 0.15) is 5.56 Å². The van der Waals surface area contributed by atoms with Gasteiger partial charge in [0.05, 0.1) is 85.9 Å². The molecule has 0 radical (unpaired) electrons. The number of rotatable bonds is 34. The minimum absolute atomic E-state index is 0.0282. The van der Waals surface area contributed by atoms with E-state index in [2.05, 4.69) is 18.9 Å². The first-order chi connectivity index (χ1) is 24.9. The quantitative estimate of drug-likeness (QED) is 0.0309. The average molecular weight is 793 g/mol. The SMILES string of the molecule is Cc1ccc(OCC(O)COCC(O)COCC(O)COCCOCC(F)(F)OC(F)(F)OC(F)(F)COCC(O)COCC(O)COCCO)cc1. The van der Waals surface area contributed by atoms with Gasteiger partial charge in [-0.1, -0.05) is 17.7 Å². The molecule has 0 saturated carbocycles. The van der Waals surface area contributed by atoms with Gasteiger partial charge in [-0.15, -0.1) is 8.78 Å². The Balaban J connectivity index is 2.13. The maximum Gasteiger partial charge on any atom is 0.495 e. The molecule has 0 aliphatic rings. The molecule has 5 atom stereocenters. The highest BCUT2D eigenvalue weighted by atomic mass is 19.3. The zero-order valence-corrected chi connectivity index (χ0v) is 29.0. The van der Waals surface area contributed by atoms with Gasteiger partial charge in [0.25, 0.3) is 0 Å². The Morgan fingerprint density at radius 1 is 0.491 bits per heavy atom. The van der Waals surface area contributed by atoms with E-state index in [4.69, 9.17) is 33.5 Å². The van der Waals surface area contributed by atoms with Crippen molar-refractivity contribution in [2.24, 2.45) is 0 Å². The van der Waals surface area contributed by atoms with Crippen LogP contribution in [0.15, 0.2) is 24.3 Å². The predicted molar refractivity (Wildman–Crippen MR) is 167 cm³/mol. The second kappa shape index (κ2) is 26.7. The van der Waals surface area contributed by atoms with E-state index >= 15 is 0 Å². The van der Waals surface area contributed by atoms with Gasteiger partial charge in [0.15, 0.2) is 0 Å². The van der Waals surface area contributed by atoms with E-state index < -0.39 is 88.7 Å². The Kier molecular flexibility index (Phi) is 24.7. The van der Waals surface area contributed by atoms with E-state index in [1.165, 1.54) is 0 Å². The summed E-state index contributed by atoms with van der Waals surface area (Å²) < 4.78 is 128. The highest BCUT2D eigenvalue weighted by Gasteiger charge is 2.52. The van der Waals surface area contributed by atoms with Crippen LogP contribution >= 0.6 is 0 Å². The number of aliphatic hydroxyl groups is 6. The van der Waals surface area contributed by atoms with Crippen LogP contribution in [-0.4, -0.2) is 185 Å². The fourth-order valence-corrected chi connectivity index (χ4v) is 3.64. The smallest absolute Gasteiger partial charge is 0.491 e. The van der Waals surface area contributed by atoms with Crippen LogP contribution in [0.25, 0.3) is 0 Å². The summed E-state index contributed by atoms with van der Waals surface area (Å²) in [5, 5.41) is 57.4. The minimum atomic E-state index is -5.51. The number of aliphatic hydroxyl groups excluding tert-OH is 6. The van der Waals surface area contributed by atoms with Gasteiger partial charge >= 0.3 is 18.5 Å². The average Bonchev–Trinajstić information content (AvgIpc) is 3.05. The first kappa shape index (κ1) is 49.0. The Labute approximate surface area is 301 Å². The lowest BCUT2D eigenvalue weighted by molar-refractivity contribution is -0.518. The maximum atomic E-state index is 13.8. The minimum Gasteiger partial charge on any atom is -0.491 e. The molecule has 0 saturated heterocycles. The number of benzene rings is 1. The van der Waals surface area contributed by atoms with Crippen molar-refractivity contribution in [3.63, 3.8) is 0 Å². The van der Waals surface area contributed by atoms with Gasteiger partial charge in [0, 0.05) is 0 Å². The third kappa shape index (κ3) is 27.3. The fourth-order valence-electron chi connectivity index (χ4n) is 3.64. The molecular formula is C31H50F6O16. The molecule has 1 aromatic carbocycles. The molecule has 53 heavy (non-hydrogen) atoms. The van der Waals surface area contributed by atoms with Crippen LogP contribution in [0.3, 0.4) is 0 Å². The summed E-state index contributed by atoms with van der Waals surface area (Å²) in [6.45, 7) is -6.24. The van der Waals surface area contributed by atoms with Gasteiger partial charge in [-0.2, -0.15) is 17.6 Å². The topological polar surface area (TPSA) is 214 Å². The molecule has 312 valence electrons. The van der Waals surface area contributed by atoms with E-state index in [1.807, 2.05) is 19.1 Å². The van der Waals surface area contributed by atoms with Crippen molar-refractivity contribution in [2.45, 2.75) is 56.0 Å². The summed E-state index contributed by atoms with van der Waals surface area (Å²) in [6.07, 6.45) is -21.1. The Morgan fingerprint density at radius 2 is 0.849 bits per heavy atom. The molecule has 0 fully saturated rings. The molecule has 5 unspecified atom stereocenters. The van der Waals surface area contributed by atoms with Crippen LogP contribution in [0.4, 0.5) is 26.3 Å². The third-order valence-corrected chi connectivity index (χ3v) is 5.94. The summed E-state index contributed by atoms with van der Waals surface area (Å²) in [7, 11) is 0. The molecule has 1 aromatic rings. The number of ether oxygens (including phenoxy) is 10. The second-order valence-corrected chi connectivity index (χ2v) is 11.4. The third-order valence-electron chi connectivity index (χ3n) is 5.94. The summed E-state index contributed by atoms with van der Waals surface area (Å²) in [5.74, 6) is 0.577. The van der Waals surface area contributed by atoms with Crippen LogP contribution in [0.2, 0.25) is 0 Å². The van der Waals surface area contributed by atoms with Crippen molar-refractivity contribution in [2.75, 3.05) is 106 Å². The number of aryl methyl sites for hydroxylation is 1. The van der Waals surface area contributed by atoms with Gasteiger partial charge in [0.2, 0.25) is 0 Å². The number of alkyl halides is 6. The Bertz CT molecular complexity index is 1050. The van der Waals surface area contributed by atoms with Crippen molar-refractivity contribution >= 4 is 0 Å². The van der Waals surface area contributed by atoms with Crippen molar-refractivity contribution in [1.29, 1.82) is 0 Å². The van der Waals surface area contributed by atoms with Gasteiger partial charge < -0.3 is 68.5 Å². The molecule has 1 rings (SSSR count). The summed E-state index contributed by atoms with van der Waals surface area (Å²) in [6, 6.07) is 7.22. The van der Waals surface area contributed by atoms with E-state index in [-0.39, 0.29) is 66.1 Å². The molecule has 0 heterocycles. The summed E-state index contributed by atoms with van der Waals surface area (Å²) in [4.78, 5) is 0. The van der Waals surface area contributed by atoms with Gasteiger partial charge in [-0.05, 0) is 19.1 Å². The van der Waals surface area contributed by atoms with Crippen molar-refractivity contribution in [3.8, 4) is 5.75 Å². The van der Waals surface area contributed by atoms with E-state index in [1.54, 1.807) is 12.1 Å². The molecule has 6 N–H and O–H groups in total. The molecule has 0 amide bonds. The van der Waals surface area contributed by atoms with Crippen LogP contribution < -0.4 is 4.74 Å². The molecule has 22 heteroatoms. The second-order valence-electron chi connectivity index (χ2n) is 11.4. The van der Waals surface area contributed by atoms with Gasteiger partial charge in [-0.3, -0.25) is 0 Å². The van der Waals surface area contributed by atoms with Crippen molar-refractivity contribution < 1.29 is 104 Å². The Hall–Kier alpha value is -2.00. The lowest BCUT2D eigenvalue weighted by Gasteiger charge is -2.26. The summed E-state index contributed by atoms with van der Waals surface area (Å²) in [5.41, 5.74) is 1.05. The number of halogens is 6. The van der Waals surface area contributed by atoms with Crippen molar-refractivity contribution in [1.82, 2.24) is 0 Å². The number of hydrogen-bond donors (Lipinski definition) is 6. The number of hydrogen-bond acceptors (Lipinski definition) is 16. The molecule has 0 aromatic heterocycles. The van der Waals surface area contributed by atoms with Crippen LogP contribution in [-0.2, 0) is 42.6 Å². The van der Waals surface area contributed by atoms with E-state index in [9.17, 15) is 51.9 Å². The maximum absolute atomic E-state index is 13.8. The highest BCUT2D eigenvalue weighted by Crippen LogP contribution is 2.33. The first-order valence-electron chi connectivity index (χ1n) is 16.2. The lowest BCUT2D eigenvalue weighted by Crippen LogP contribution is -2.44. The predicted octanol–water partition coefficient (Wildman–Crippen LogP) is 0.0559. The fraction of sp³-hybridized carbons (Fsp3) is 0.806. The monoisotopic (exact) mass is 792 g/mol.